The monoisotopic (exact) mass is 187 g/mol. The smallest absolute Gasteiger partial charge is 0.378 e. The van der Waals surface area contributed by atoms with Gasteiger partial charge in [-0.1, -0.05) is 0 Å². The second-order valence-electron chi connectivity index (χ2n) is 3.20. The number of thiol groups is 1. The van der Waals surface area contributed by atoms with E-state index in [0.29, 0.717) is 5.92 Å². The lowest BCUT2D eigenvalue weighted by atomic mass is 10.2. The van der Waals surface area contributed by atoms with Crippen LogP contribution in [0.25, 0.3) is 0 Å². The quantitative estimate of drug-likeness (QED) is 0.417. The number of nitrogens with two attached hydrogens (primary N) is 1. The van der Waals surface area contributed by atoms with E-state index >= 15 is 0 Å². The van der Waals surface area contributed by atoms with E-state index in [2.05, 4.69) is 12.6 Å². The van der Waals surface area contributed by atoms with Crippen molar-refractivity contribution >= 4 is 12.6 Å². The number of oxazole rings is 1. The minimum atomic E-state index is 0.103. The zero-order chi connectivity index (χ0) is 9.30. The number of rotatable bonds is 2. The average Bonchev–Trinajstić information content (AvgIpc) is 2.30. The summed E-state index contributed by atoms with van der Waals surface area (Å²) < 4.78 is 6.88. The van der Waals surface area contributed by atoms with Crippen molar-refractivity contribution in [1.82, 2.24) is 0 Å². The van der Waals surface area contributed by atoms with Gasteiger partial charge in [0.25, 0.3) is 5.69 Å². The molecule has 0 radical (unpaired) electrons. The number of hydrogen-bond donors (Lipinski definition) is 2. The van der Waals surface area contributed by atoms with Crippen LogP contribution in [0.4, 0.5) is 0 Å². The summed E-state index contributed by atoms with van der Waals surface area (Å²) in [4.78, 5) is 0. The Morgan fingerprint density at radius 1 is 1.50 bits per heavy atom. The summed E-state index contributed by atoms with van der Waals surface area (Å²) in [5, 5.41) is 0.103. The molecule has 0 fully saturated rings. The van der Waals surface area contributed by atoms with Crippen molar-refractivity contribution in [2.75, 3.05) is 5.84 Å². The van der Waals surface area contributed by atoms with E-state index in [1.807, 2.05) is 20.8 Å². The summed E-state index contributed by atoms with van der Waals surface area (Å²) in [7, 11) is 0. The van der Waals surface area contributed by atoms with Gasteiger partial charge >= 0.3 is 5.89 Å². The third-order valence-electron chi connectivity index (χ3n) is 1.74. The highest BCUT2D eigenvalue weighted by Gasteiger charge is 2.25. The topological polar surface area (TPSA) is 43.0 Å². The molecular formula is C8H15N2OS+. The van der Waals surface area contributed by atoms with Crippen LogP contribution in [0.5, 0.6) is 0 Å². The standard InChI is InChI=1S/C8H14N2OS/c1-5(2)8-10(9)7(4-11-8)6(3)12/h4-6H,9H2,1-3H3/p+1. The molecule has 0 aliphatic rings. The fraction of sp³-hybridized carbons (Fsp3) is 0.625. The molecule has 0 bridgehead atoms. The van der Waals surface area contributed by atoms with Crippen molar-refractivity contribution in [3.8, 4) is 0 Å². The number of aromatic nitrogens is 1. The van der Waals surface area contributed by atoms with E-state index < -0.39 is 0 Å². The van der Waals surface area contributed by atoms with Gasteiger partial charge in [0.05, 0.1) is 11.2 Å². The van der Waals surface area contributed by atoms with Crippen LogP contribution in [-0.4, -0.2) is 0 Å². The zero-order valence-corrected chi connectivity index (χ0v) is 8.51. The molecule has 3 nitrogen and oxygen atoms in total. The second-order valence-corrected chi connectivity index (χ2v) is 3.97. The third kappa shape index (κ3) is 1.58. The first-order chi connectivity index (χ1) is 5.54. The van der Waals surface area contributed by atoms with Gasteiger partial charge in [-0.25, -0.2) is 5.84 Å². The van der Waals surface area contributed by atoms with Gasteiger partial charge in [0.2, 0.25) is 0 Å². The van der Waals surface area contributed by atoms with Gasteiger partial charge in [-0.05, 0) is 25.4 Å². The van der Waals surface area contributed by atoms with Crippen LogP contribution in [0, 0.1) is 0 Å². The highest BCUT2D eigenvalue weighted by atomic mass is 32.1. The molecule has 0 saturated carbocycles. The maximum Gasteiger partial charge on any atom is 0.378 e. The fourth-order valence-corrected chi connectivity index (χ4v) is 1.26. The van der Waals surface area contributed by atoms with Crippen LogP contribution in [-0.2, 0) is 0 Å². The molecule has 1 atom stereocenters. The van der Waals surface area contributed by atoms with Gasteiger partial charge in [0.1, 0.15) is 0 Å². The molecule has 1 aromatic rings. The Morgan fingerprint density at radius 2 is 2.08 bits per heavy atom. The van der Waals surface area contributed by atoms with Crippen molar-refractivity contribution in [2.24, 2.45) is 0 Å². The van der Waals surface area contributed by atoms with Gasteiger partial charge in [0.15, 0.2) is 6.26 Å². The first kappa shape index (κ1) is 9.45. The highest BCUT2D eigenvalue weighted by Crippen LogP contribution is 2.18. The minimum Gasteiger partial charge on any atom is -0.408 e. The van der Waals surface area contributed by atoms with Crippen molar-refractivity contribution in [2.45, 2.75) is 31.9 Å². The van der Waals surface area contributed by atoms with Crippen molar-refractivity contribution < 1.29 is 9.09 Å². The van der Waals surface area contributed by atoms with Crippen molar-refractivity contribution in [1.29, 1.82) is 0 Å². The first-order valence-corrected chi connectivity index (χ1v) is 4.52. The largest absolute Gasteiger partial charge is 0.408 e. The lowest BCUT2D eigenvalue weighted by molar-refractivity contribution is -0.659. The lowest BCUT2D eigenvalue weighted by Gasteiger charge is -1.96. The molecule has 0 saturated heterocycles. The van der Waals surface area contributed by atoms with Crippen LogP contribution in [0.15, 0.2) is 10.7 Å². The molecule has 0 aliphatic heterocycles. The van der Waals surface area contributed by atoms with Gasteiger partial charge in [0, 0.05) is 0 Å². The third-order valence-corrected chi connectivity index (χ3v) is 2.00. The summed E-state index contributed by atoms with van der Waals surface area (Å²) in [5.41, 5.74) is 0.905. The average molecular weight is 187 g/mol. The van der Waals surface area contributed by atoms with Crippen LogP contribution >= 0.6 is 12.6 Å². The van der Waals surface area contributed by atoms with Crippen LogP contribution in [0.3, 0.4) is 0 Å². The van der Waals surface area contributed by atoms with E-state index in [4.69, 9.17) is 10.3 Å². The molecule has 1 unspecified atom stereocenters. The number of nitrogens with zero attached hydrogens (tertiary/aromatic N) is 1. The van der Waals surface area contributed by atoms with E-state index in [0.717, 1.165) is 11.6 Å². The maximum atomic E-state index is 5.78. The molecule has 2 N–H and O–H groups in total. The Morgan fingerprint density at radius 3 is 2.33 bits per heavy atom. The summed E-state index contributed by atoms with van der Waals surface area (Å²) in [6.45, 7) is 6.03. The van der Waals surface area contributed by atoms with E-state index in [9.17, 15) is 0 Å². The predicted molar refractivity (Wildman–Crippen MR) is 50.5 cm³/mol. The Bertz CT molecular complexity index is 243. The van der Waals surface area contributed by atoms with E-state index in [1.165, 1.54) is 0 Å². The Labute approximate surface area is 77.9 Å². The van der Waals surface area contributed by atoms with Gasteiger partial charge in [-0.15, -0.1) is 0 Å². The second kappa shape index (κ2) is 3.39. The molecule has 1 aromatic heterocycles. The summed E-state index contributed by atoms with van der Waals surface area (Å²) >= 11 is 4.28. The summed E-state index contributed by atoms with van der Waals surface area (Å²) in [6, 6.07) is 0. The molecule has 0 amide bonds. The molecule has 4 heteroatoms. The molecule has 68 valence electrons. The molecule has 12 heavy (non-hydrogen) atoms. The minimum absolute atomic E-state index is 0.103. The fourth-order valence-electron chi connectivity index (χ4n) is 1.08. The molecular weight excluding hydrogens is 172 g/mol. The Hall–Kier alpha value is -0.640. The lowest BCUT2D eigenvalue weighted by Crippen LogP contribution is -2.50. The number of nitrogen functional groups attached to an aromatic ring is 1. The molecule has 1 heterocycles. The van der Waals surface area contributed by atoms with E-state index in [1.54, 1.807) is 10.9 Å². The summed E-state index contributed by atoms with van der Waals surface area (Å²) in [5.74, 6) is 6.86. The first-order valence-electron chi connectivity index (χ1n) is 4.00. The SMILES string of the molecule is CC(C)c1occ(C(C)S)[n+]1N. The molecule has 0 aliphatic carbocycles. The van der Waals surface area contributed by atoms with Crippen LogP contribution in [0.1, 0.15) is 43.5 Å². The highest BCUT2D eigenvalue weighted by molar-refractivity contribution is 7.80. The molecule has 1 rings (SSSR count). The van der Waals surface area contributed by atoms with Gasteiger partial charge < -0.3 is 4.42 Å². The maximum absolute atomic E-state index is 5.78. The van der Waals surface area contributed by atoms with Crippen LogP contribution in [0.2, 0.25) is 0 Å². The zero-order valence-electron chi connectivity index (χ0n) is 7.61. The number of hydrogen-bond acceptors (Lipinski definition) is 3. The Balaban J connectivity index is 3.04. The van der Waals surface area contributed by atoms with E-state index in [-0.39, 0.29) is 5.25 Å². The predicted octanol–water partition coefficient (Wildman–Crippen LogP) is 1.40. The van der Waals surface area contributed by atoms with Gasteiger partial charge in [-0.3, -0.25) is 0 Å². The summed E-state index contributed by atoms with van der Waals surface area (Å²) in [6.07, 6.45) is 1.66. The molecule has 0 spiro atoms. The Kier molecular flexibility index (Phi) is 2.67. The van der Waals surface area contributed by atoms with Crippen molar-refractivity contribution in [3.05, 3.63) is 17.8 Å². The van der Waals surface area contributed by atoms with Crippen molar-refractivity contribution in [3.63, 3.8) is 0 Å². The van der Waals surface area contributed by atoms with Gasteiger partial charge in [-0.2, -0.15) is 12.6 Å². The van der Waals surface area contributed by atoms with Crippen LogP contribution < -0.4 is 10.5 Å². The molecule has 0 aromatic carbocycles. The normalized spacial score (nSPS) is 13.8.